The second kappa shape index (κ2) is 6.30. The van der Waals surface area contributed by atoms with Crippen molar-refractivity contribution in [3.8, 4) is 11.3 Å². The summed E-state index contributed by atoms with van der Waals surface area (Å²) in [6.07, 6.45) is 0.133. The van der Waals surface area contributed by atoms with Gasteiger partial charge in [-0.1, -0.05) is 35.5 Å². The van der Waals surface area contributed by atoms with E-state index >= 15 is 0 Å². The van der Waals surface area contributed by atoms with Crippen molar-refractivity contribution < 1.29 is 9.13 Å². The van der Waals surface area contributed by atoms with E-state index in [9.17, 15) is 4.39 Å². The topological polar surface area (TPSA) is 43.2 Å². The zero-order valence-corrected chi connectivity index (χ0v) is 14.3. The molecule has 1 aromatic heterocycles. The maximum Gasteiger partial charge on any atom is 0.123 e. The third-order valence-corrected chi connectivity index (χ3v) is 5.22. The van der Waals surface area contributed by atoms with E-state index in [1.54, 1.807) is 12.1 Å². The van der Waals surface area contributed by atoms with Crippen LogP contribution in [0.15, 0.2) is 54.6 Å². The predicted octanol–water partition coefficient (Wildman–Crippen LogP) is 3.04. The van der Waals surface area contributed by atoms with E-state index in [0.717, 1.165) is 36.6 Å². The van der Waals surface area contributed by atoms with Crippen LogP contribution in [0.4, 0.5) is 4.39 Å². The van der Waals surface area contributed by atoms with Crippen LogP contribution in [0.2, 0.25) is 0 Å². The van der Waals surface area contributed by atoms with Gasteiger partial charge in [0.05, 0.1) is 24.4 Å². The Kier molecular flexibility index (Phi) is 3.80. The minimum Gasteiger partial charge on any atom is -0.368 e. The lowest BCUT2D eigenvalue weighted by molar-refractivity contribution is -0.00494. The Morgan fingerprint density at radius 2 is 1.85 bits per heavy atom. The highest BCUT2D eigenvalue weighted by Gasteiger charge is 2.40. The van der Waals surface area contributed by atoms with Crippen molar-refractivity contribution in [2.75, 3.05) is 13.1 Å². The Morgan fingerprint density at radius 3 is 2.65 bits per heavy atom. The predicted molar refractivity (Wildman–Crippen MR) is 94.7 cm³/mol. The van der Waals surface area contributed by atoms with Gasteiger partial charge in [0.2, 0.25) is 0 Å². The molecule has 5 rings (SSSR count). The number of hydrogen-bond acceptors (Lipinski definition) is 4. The van der Waals surface area contributed by atoms with E-state index < -0.39 is 0 Å². The van der Waals surface area contributed by atoms with Crippen LogP contribution in [0, 0.1) is 5.82 Å². The molecule has 3 aromatic rings. The van der Waals surface area contributed by atoms with Gasteiger partial charge in [0.25, 0.3) is 0 Å². The first-order valence-corrected chi connectivity index (χ1v) is 8.86. The molecule has 0 radical (unpaired) electrons. The summed E-state index contributed by atoms with van der Waals surface area (Å²) < 4.78 is 21.3. The largest absolute Gasteiger partial charge is 0.368 e. The van der Waals surface area contributed by atoms with Crippen molar-refractivity contribution in [3.63, 3.8) is 0 Å². The Hall–Kier alpha value is -2.57. The Bertz CT molecular complexity index is 909. The maximum absolute atomic E-state index is 13.2. The first-order chi connectivity index (χ1) is 12.8. The Labute approximate surface area is 151 Å². The molecule has 5 nitrogen and oxygen atoms in total. The second-order valence-electron chi connectivity index (χ2n) is 6.93. The molecule has 0 bridgehead atoms. The minimum absolute atomic E-state index is 0.133. The fourth-order valence-corrected chi connectivity index (χ4v) is 3.93. The Balaban J connectivity index is 1.39. The van der Waals surface area contributed by atoms with Crippen molar-refractivity contribution in [1.82, 2.24) is 19.9 Å². The first kappa shape index (κ1) is 15.7. The van der Waals surface area contributed by atoms with E-state index in [-0.39, 0.29) is 18.0 Å². The number of halogens is 1. The van der Waals surface area contributed by atoms with Crippen LogP contribution in [0.3, 0.4) is 0 Å². The van der Waals surface area contributed by atoms with Crippen molar-refractivity contribution in [3.05, 3.63) is 71.7 Å². The van der Waals surface area contributed by atoms with Crippen molar-refractivity contribution in [2.24, 2.45) is 0 Å². The van der Waals surface area contributed by atoms with Gasteiger partial charge < -0.3 is 4.74 Å². The third kappa shape index (κ3) is 2.71. The molecular weight excluding hydrogens is 331 g/mol. The molecule has 132 valence electrons. The molecule has 0 unspecified atom stereocenters. The van der Waals surface area contributed by atoms with Gasteiger partial charge in [-0.3, -0.25) is 4.90 Å². The first-order valence-electron chi connectivity index (χ1n) is 8.86. The number of aromatic nitrogens is 3. The lowest BCUT2D eigenvalue weighted by Crippen LogP contribution is -2.32. The number of benzene rings is 2. The zero-order chi connectivity index (χ0) is 17.5. The summed E-state index contributed by atoms with van der Waals surface area (Å²) in [5.41, 5.74) is 3.93. The maximum atomic E-state index is 13.2. The van der Waals surface area contributed by atoms with E-state index in [1.807, 2.05) is 10.7 Å². The van der Waals surface area contributed by atoms with Crippen molar-refractivity contribution in [1.29, 1.82) is 0 Å². The molecule has 1 fully saturated rings. The average molecular weight is 350 g/mol. The average Bonchev–Trinajstić information content (AvgIpc) is 3.26. The van der Waals surface area contributed by atoms with E-state index in [2.05, 4.69) is 39.5 Å². The fourth-order valence-electron chi connectivity index (χ4n) is 3.93. The quantitative estimate of drug-likeness (QED) is 0.728. The third-order valence-electron chi connectivity index (χ3n) is 5.22. The molecule has 2 aliphatic rings. The molecule has 0 spiro atoms. The van der Waals surface area contributed by atoms with Crippen LogP contribution in [0.5, 0.6) is 0 Å². The normalized spacial score (nSPS) is 22.2. The molecule has 2 aromatic carbocycles. The second-order valence-corrected chi connectivity index (χ2v) is 6.93. The molecule has 26 heavy (non-hydrogen) atoms. The SMILES string of the molecule is Fc1ccc(-c2nnn3c2CO[C@@H]2CN(Cc4ccccc4)C[C@H]23)cc1. The summed E-state index contributed by atoms with van der Waals surface area (Å²) in [7, 11) is 0. The summed E-state index contributed by atoms with van der Waals surface area (Å²) in [4.78, 5) is 2.40. The highest BCUT2D eigenvalue weighted by atomic mass is 19.1. The van der Waals surface area contributed by atoms with Gasteiger partial charge >= 0.3 is 0 Å². The zero-order valence-electron chi connectivity index (χ0n) is 14.3. The van der Waals surface area contributed by atoms with Crippen LogP contribution < -0.4 is 0 Å². The smallest absolute Gasteiger partial charge is 0.123 e. The fraction of sp³-hybridized carbons (Fsp3) is 0.300. The van der Waals surface area contributed by atoms with Gasteiger partial charge in [-0.2, -0.15) is 0 Å². The van der Waals surface area contributed by atoms with E-state index in [0.29, 0.717) is 6.61 Å². The number of likely N-dealkylation sites (tertiary alicyclic amines) is 1. The van der Waals surface area contributed by atoms with Gasteiger partial charge in [-0.05, 0) is 29.8 Å². The molecule has 0 N–H and O–H groups in total. The summed E-state index contributed by atoms with van der Waals surface area (Å²) in [6.45, 7) is 3.18. The van der Waals surface area contributed by atoms with Gasteiger partial charge in [-0.15, -0.1) is 5.10 Å². The molecule has 0 saturated carbocycles. The van der Waals surface area contributed by atoms with Crippen LogP contribution >= 0.6 is 0 Å². The summed E-state index contributed by atoms with van der Waals surface area (Å²) >= 11 is 0. The monoisotopic (exact) mass is 350 g/mol. The molecule has 0 amide bonds. The van der Waals surface area contributed by atoms with E-state index in [4.69, 9.17) is 4.74 Å². The van der Waals surface area contributed by atoms with Gasteiger partial charge in [0, 0.05) is 25.2 Å². The molecule has 0 aliphatic carbocycles. The molecule has 1 saturated heterocycles. The molecule has 2 atom stereocenters. The number of hydrogen-bond donors (Lipinski definition) is 0. The van der Waals surface area contributed by atoms with Crippen LogP contribution in [0.1, 0.15) is 17.3 Å². The number of ether oxygens (including phenoxy) is 1. The number of nitrogens with zero attached hydrogens (tertiary/aromatic N) is 4. The summed E-state index contributed by atoms with van der Waals surface area (Å²) in [5, 5.41) is 8.77. The molecular formula is C20H19FN4O. The van der Waals surface area contributed by atoms with E-state index in [1.165, 1.54) is 17.7 Å². The minimum atomic E-state index is -0.251. The highest BCUT2D eigenvalue weighted by molar-refractivity contribution is 5.61. The standard InChI is InChI=1S/C20H19FN4O/c21-16-8-6-15(7-9-16)20-18-13-26-19-12-24(10-14-4-2-1-3-5-14)11-17(19)25(18)23-22-20/h1-9,17,19H,10-13H2/t17-,19-/m1/s1. The Morgan fingerprint density at radius 1 is 1.04 bits per heavy atom. The summed E-state index contributed by atoms with van der Waals surface area (Å²) in [5.74, 6) is -0.251. The van der Waals surface area contributed by atoms with Crippen LogP contribution in [-0.4, -0.2) is 39.1 Å². The van der Waals surface area contributed by atoms with Gasteiger partial charge in [-0.25, -0.2) is 9.07 Å². The van der Waals surface area contributed by atoms with Crippen molar-refractivity contribution in [2.45, 2.75) is 25.3 Å². The lowest BCUT2D eigenvalue weighted by atomic mass is 10.1. The molecule has 2 aliphatic heterocycles. The van der Waals surface area contributed by atoms with Gasteiger partial charge in [0.15, 0.2) is 0 Å². The van der Waals surface area contributed by atoms with Crippen molar-refractivity contribution >= 4 is 0 Å². The van der Waals surface area contributed by atoms with Crippen LogP contribution in [-0.2, 0) is 17.9 Å². The van der Waals surface area contributed by atoms with Crippen LogP contribution in [0.25, 0.3) is 11.3 Å². The van der Waals surface area contributed by atoms with Gasteiger partial charge in [0.1, 0.15) is 11.5 Å². The number of fused-ring (bicyclic) bond motifs is 3. The summed E-state index contributed by atoms with van der Waals surface area (Å²) in [6, 6.07) is 17.0. The number of rotatable bonds is 3. The lowest BCUT2D eigenvalue weighted by Gasteiger charge is -2.26. The molecule has 6 heteroatoms. The highest BCUT2D eigenvalue weighted by Crippen LogP contribution is 2.34. The molecule has 3 heterocycles.